The molecule has 0 aromatic heterocycles. The number of benzene rings is 2. The van der Waals surface area contributed by atoms with E-state index in [-0.39, 0.29) is 12.5 Å². The zero-order valence-electron chi connectivity index (χ0n) is 13.0. The summed E-state index contributed by atoms with van der Waals surface area (Å²) >= 11 is 2.23. The maximum absolute atomic E-state index is 12.1. The van der Waals surface area contributed by atoms with Crippen molar-refractivity contribution in [2.75, 3.05) is 11.9 Å². The van der Waals surface area contributed by atoms with E-state index < -0.39 is 0 Å². The second-order valence-electron chi connectivity index (χ2n) is 5.48. The van der Waals surface area contributed by atoms with Gasteiger partial charge in [0.1, 0.15) is 5.75 Å². The number of carbonyl (C=O) groups is 1. The fourth-order valence-corrected chi connectivity index (χ4v) is 2.56. The lowest BCUT2D eigenvalue weighted by Crippen LogP contribution is -2.21. The molecule has 116 valence electrons. The molecule has 0 heterocycles. The Labute approximate surface area is 145 Å². The number of hydrogen-bond donors (Lipinski definition) is 1. The van der Waals surface area contributed by atoms with Gasteiger partial charge in [0, 0.05) is 9.26 Å². The summed E-state index contributed by atoms with van der Waals surface area (Å²) in [6.07, 6.45) is 0. The van der Waals surface area contributed by atoms with Crippen LogP contribution in [0.3, 0.4) is 0 Å². The fourth-order valence-electron chi connectivity index (χ4n) is 2.20. The van der Waals surface area contributed by atoms with Gasteiger partial charge in [-0.05, 0) is 70.8 Å². The Morgan fingerprint density at radius 3 is 2.50 bits per heavy atom. The Morgan fingerprint density at radius 2 is 1.86 bits per heavy atom. The van der Waals surface area contributed by atoms with Crippen molar-refractivity contribution < 1.29 is 9.53 Å². The summed E-state index contributed by atoms with van der Waals surface area (Å²) in [5.74, 6) is 0.909. The molecule has 3 nitrogen and oxygen atoms in total. The molecule has 0 unspecified atom stereocenters. The Hall–Kier alpha value is -1.56. The molecule has 0 spiro atoms. The highest BCUT2D eigenvalue weighted by atomic mass is 127. The molecule has 1 N–H and O–H groups in total. The molecular formula is C18H20INO2. The predicted molar refractivity (Wildman–Crippen MR) is 98.6 cm³/mol. The van der Waals surface area contributed by atoms with Crippen LogP contribution in [0.5, 0.6) is 5.75 Å². The van der Waals surface area contributed by atoms with Crippen LogP contribution in [0.1, 0.15) is 30.9 Å². The third kappa shape index (κ3) is 4.47. The Balaban J connectivity index is 2.02. The van der Waals surface area contributed by atoms with Gasteiger partial charge >= 0.3 is 0 Å². The maximum atomic E-state index is 12.1. The van der Waals surface area contributed by atoms with E-state index in [0.29, 0.717) is 11.7 Å². The number of ether oxygens (including phenoxy) is 1. The van der Waals surface area contributed by atoms with Crippen LogP contribution in [-0.2, 0) is 4.79 Å². The number of rotatable bonds is 5. The van der Waals surface area contributed by atoms with Gasteiger partial charge in [-0.15, -0.1) is 0 Å². The third-order valence-corrected chi connectivity index (χ3v) is 4.09. The minimum atomic E-state index is -0.144. The van der Waals surface area contributed by atoms with Crippen LogP contribution in [0.2, 0.25) is 0 Å². The third-order valence-electron chi connectivity index (χ3n) is 3.38. The summed E-state index contributed by atoms with van der Waals surface area (Å²) in [6, 6.07) is 13.7. The number of para-hydroxylation sites is 1. The summed E-state index contributed by atoms with van der Waals surface area (Å²) in [4.78, 5) is 12.1. The van der Waals surface area contributed by atoms with Crippen LogP contribution >= 0.6 is 22.6 Å². The molecule has 22 heavy (non-hydrogen) atoms. The highest BCUT2D eigenvalue weighted by molar-refractivity contribution is 14.1. The molecule has 0 bridgehead atoms. The first kappa shape index (κ1) is 16.8. The minimum Gasteiger partial charge on any atom is -0.484 e. The molecule has 0 saturated carbocycles. The molecule has 0 atom stereocenters. The van der Waals surface area contributed by atoms with Crippen LogP contribution in [0.4, 0.5) is 5.69 Å². The van der Waals surface area contributed by atoms with Gasteiger partial charge in [-0.3, -0.25) is 4.79 Å². The lowest BCUT2D eigenvalue weighted by molar-refractivity contribution is -0.118. The molecular weight excluding hydrogens is 389 g/mol. The lowest BCUT2D eigenvalue weighted by Gasteiger charge is -2.16. The Kier molecular flexibility index (Phi) is 5.83. The smallest absolute Gasteiger partial charge is 0.262 e. The lowest BCUT2D eigenvalue weighted by atomic mass is 9.98. The van der Waals surface area contributed by atoms with E-state index in [9.17, 15) is 4.79 Å². The minimum absolute atomic E-state index is 0.00641. The first-order chi connectivity index (χ1) is 10.5. The van der Waals surface area contributed by atoms with Crippen molar-refractivity contribution in [2.24, 2.45) is 0 Å². The van der Waals surface area contributed by atoms with Crippen LogP contribution in [-0.4, -0.2) is 12.5 Å². The maximum Gasteiger partial charge on any atom is 0.262 e. The molecule has 0 aliphatic heterocycles. The topological polar surface area (TPSA) is 38.3 Å². The van der Waals surface area contributed by atoms with Gasteiger partial charge in [-0.2, -0.15) is 0 Å². The molecule has 0 fully saturated rings. The van der Waals surface area contributed by atoms with Gasteiger partial charge in [0.15, 0.2) is 6.61 Å². The zero-order valence-corrected chi connectivity index (χ0v) is 15.2. The largest absolute Gasteiger partial charge is 0.484 e. The molecule has 2 aromatic rings. The van der Waals surface area contributed by atoms with Crippen molar-refractivity contribution in [1.82, 2.24) is 0 Å². The van der Waals surface area contributed by atoms with Crippen molar-refractivity contribution in [2.45, 2.75) is 26.7 Å². The van der Waals surface area contributed by atoms with E-state index in [2.05, 4.69) is 41.8 Å². The molecule has 0 aliphatic rings. The van der Waals surface area contributed by atoms with E-state index in [4.69, 9.17) is 4.74 Å². The van der Waals surface area contributed by atoms with Gasteiger partial charge in [0.05, 0.1) is 0 Å². The van der Waals surface area contributed by atoms with Crippen molar-refractivity contribution in [1.29, 1.82) is 0 Å². The van der Waals surface area contributed by atoms with Gasteiger partial charge in [0.25, 0.3) is 5.91 Å². The quantitative estimate of drug-likeness (QED) is 0.725. The number of nitrogens with one attached hydrogen (secondary N) is 1. The summed E-state index contributed by atoms with van der Waals surface area (Å²) in [7, 11) is 0. The first-order valence-corrected chi connectivity index (χ1v) is 8.33. The van der Waals surface area contributed by atoms with Gasteiger partial charge in [0.2, 0.25) is 0 Å². The van der Waals surface area contributed by atoms with Crippen molar-refractivity contribution in [3.05, 3.63) is 57.2 Å². The second kappa shape index (κ2) is 7.63. The summed E-state index contributed by atoms with van der Waals surface area (Å²) in [5.41, 5.74) is 3.10. The van der Waals surface area contributed by atoms with Crippen LogP contribution in [0, 0.1) is 10.5 Å². The fraction of sp³-hybridized carbons (Fsp3) is 0.278. The van der Waals surface area contributed by atoms with E-state index in [1.54, 1.807) is 0 Å². The van der Waals surface area contributed by atoms with Crippen molar-refractivity contribution in [3.8, 4) is 5.75 Å². The average Bonchev–Trinajstić information content (AvgIpc) is 2.48. The Bertz CT molecular complexity index is 651. The standard InChI is InChI=1S/C18H20INO2/c1-12(2)16-6-4-5-13(3)18(16)20-17(21)11-22-15-9-7-14(19)8-10-15/h4-10,12H,11H2,1-3H3,(H,20,21). The molecule has 2 rings (SSSR count). The molecule has 1 amide bonds. The number of hydrogen-bond acceptors (Lipinski definition) is 2. The van der Waals surface area contributed by atoms with Gasteiger partial charge in [-0.25, -0.2) is 0 Å². The SMILES string of the molecule is Cc1cccc(C(C)C)c1NC(=O)COc1ccc(I)cc1. The predicted octanol–water partition coefficient (Wildman–Crippen LogP) is 4.74. The first-order valence-electron chi connectivity index (χ1n) is 7.25. The van der Waals surface area contributed by atoms with Gasteiger partial charge in [-0.1, -0.05) is 32.0 Å². The van der Waals surface area contributed by atoms with Gasteiger partial charge < -0.3 is 10.1 Å². The number of aryl methyl sites for hydroxylation is 1. The molecule has 2 aromatic carbocycles. The number of carbonyl (C=O) groups excluding carboxylic acids is 1. The number of amides is 1. The number of anilines is 1. The van der Waals surface area contributed by atoms with E-state index >= 15 is 0 Å². The Morgan fingerprint density at radius 1 is 1.18 bits per heavy atom. The van der Waals surface area contributed by atoms with Crippen LogP contribution in [0.15, 0.2) is 42.5 Å². The molecule has 0 aliphatic carbocycles. The summed E-state index contributed by atoms with van der Waals surface area (Å²) in [5, 5.41) is 2.98. The van der Waals surface area contributed by atoms with Crippen molar-refractivity contribution >= 4 is 34.2 Å². The second-order valence-corrected chi connectivity index (χ2v) is 6.73. The highest BCUT2D eigenvalue weighted by Crippen LogP contribution is 2.27. The summed E-state index contributed by atoms with van der Waals surface area (Å²) < 4.78 is 6.65. The average molecular weight is 409 g/mol. The summed E-state index contributed by atoms with van der Waals surface area (Å²) in [6.45, 7) is 6.24. The van der Waals surface area contributed by atoms with E-state index in [0.717, 1.165) is 20.4 Å². The van der Waals surface area contributed by atoms with Crippen molar-refractivity contribution in [3.63, 3.8) is 0 Å². The van der Waals surface area contributed by atoms with E-state index in [1.165, 1.54) is 0 Å². The number of halogens is 1. The highest BCUT2D eigenvalue weighted by Gasteiger charge is 2.12. The molecule has 0 saturated heterocycles. The zero-order chi connectivity index (χ0) is 16.1. The monoisotopic (exact) mass is 409 g/mol. The van der Waals surface area contributed by atoms with Crippen LogP contribution in [0.25, 0.3) is 0 Å². The van der Waals surface area contributed by atoms with E-state index in [1.807, 2.05) is 49.4 Å². The molecule has 4 heteroatoms. The normalized spacial score (nSPS) is 10.6. The van der Waals surface area contributed by atoms with Crippen LogP contribution < -0.4 is 10.1 Å². The molecule has 0 radical (unpaired) electrons.